The van der Waals surface area contributed by atoms with E-state index >= 15 is 0 Å². The molecule has 2 aliphatic heterocycles. The van der Waals surface area contributed by atoms with Gasteiger partial charge in [-0.15, -0.1) is 11.3 Å². The van der Waals surface area contributed by atoms with Crippen molar-refractivity contribution < 1.29 is 14.6 Å². The zero-order valence-corrected chi connectivity index (χ0v) is 16.7. The van der Waals surface area contributed by atoms with E-state index in [1.807, 2.05) is 32.3 Å². The normalized spacial score (nSPS) is 24.9. The molecule has 3 rings (SSSR count). The zero-order chi connectivity index (χ0) is 18.7. The summed E-state index contributed by atoms with van der Waals surface area (Å²) in [6, 6.07) is 0.453. The molecule has 1 amide bonds. The van der Waals surface area contributed by atoms with Gasteiger partial charge in [-0.05, 0) is 33.6 Å². The monoisotopic (exact) mass is 382 g/mol. The second-order valence-corrected chi connectivity index (χ2v) is 9.07. The molecular weight excluding hydrogens is 352 g/mol. The van der Waals surface area contributed by atoms with Crippen LogP contribution in [0.25, 0.3) is 0 Å². The number of aromatic nitrogens is 1. The molecule has 0 radical (unpaired) electrons. The Morgan fingerprint density at radius 3 is 2.73 bits per heavy atom. The number of carbonyl (C=O) groups excluding carboxylic acids is 1. The van der Waals surface area contributed by atoms with E-state index in [2.05, 4.69) is 15.2 Å². The SMILES string of the molecule is CC(C)(C)OC(=O)N1C[C@H](CNC2CCN(c3nccs3)CC2)[C@@H](O)C1. The van der Waals surface area contributed by atoms with E-state index in [0.717, 1.165) is 37.6 Å². The van der Waals surface area contributed by atoms with E-state index in [1.165, 1.54) is 0 Å². The lowest BCUT2D eigenvalue weighted by atomic mass is 10.0. The number of ether oxygens (including phenoxy) is 1. The van der Waals surface area contributed by atoms with Crippen molar-refractivity contribution in [3.63, 3.8) is 0 Å². The van der Waals surface area contributed by atoms with Crippen molar-refractivity contribution in [3.8, 4) is 0 Å². The minimum Gasteiger partial charge on any atom is -0.444 e. The van der Waals surface area contributed by atoms with Gasteiger partial charge in [0.25, 0.3) is 0 Å². The Bertz CT molecular complexity index is 582. The standard InChI is InChI=1S/C18H30N4O3S/c1-18(2,3)25-17(24)22-11-13(15(23)12-22)10-20-14-4-7-21(8-5-14)16-19-6-9-26-16/h6,9,13-15,20,23H,4-5,7-8,10-12H2,1-3H3/t13-,15-/m0/s1. The highest BCUT2D eigenvalue weighted by molar-refractivity contribution is 7.13. The smallest absolute Gasteiger partial charge is 0.410 e. The number of hydrogen-bond donors (Lipinski definition) is 2. The average Bonchev–Trinajstić information content (AvgIpc) is 3.22. The van der Waals surface area contributed by atoms with Crippen molar-refractivity contribution in [2.75, 3.05) is 37.6 Å². The van der Waals surface area contributed by atoms with Gasteiger partial charge in [0.05, 0.1) is 12.6 Å². The van der Waals surface area contributed by atoms with Crippen molar-refractivity contribution in [3.05, 3.63) is 11.6 Å². The molecule has 2 fully saturated rings. The molecule has 7 nitrogen and oxygen atoms in total. The maximum Gasteiger partial charge on any atom is 0.410 e. The van der Waals surface area contributed by atoms with Gasteiger partial charge < -0.3 is 25.0 Å². The minimum atomic E-state index is -0.510. The fraction of sp³-hybridized carbons (Fsp3) is 0.778. The van der Waals surface area contributed by atoms with Crippen LogP contribution in [0.1, 0.15) is 33.6 Å². The van der Waals surface area contributed by atoms with Gasteiger partial charge >= 0.3 is 6.09 Å². The number of aliphatic hydroxyl groups excluding tert-OH is 1. The number of nitrogens with one attached hydrogen (secondary N) is 1. The topological polar surface area (TPSA) is 77.9 Å². The van der Waals surface area contributed by atoms with Crippen LogP contribution in [0, 0.1) is 5.92 Å². The zero-order valence-electron chi connectivity index (χ0n) is 15.9. The van der Waals surface area contributed by atoms with Crippen molar-refractivity contribution in [1.82, 2.24) is 15.2 Å². The summed E-state index contributed by atoms with van der Waals surface area (Å²) in [5.41, 5.74) is -0.510. The molecule has 0 bridgehead atoms. The lowest BCUT2D eigenvalue weighted by Crippen LogP contribution is -2.45. The number of aliphatic hydroxyl groups is 1. The Kier molecular flexibility index (Phi) is 6.04. The van der Waals surface area contributed by atoms with Crippen molar-refractivity contribution >= 4 is 22.6 Å². The predicted molar refractivity (Wildman–Crippen MR) is 103 cm³/mol. The molecule has 0 saturated carbocycles. The molecule has 2 aliphatic rings. The molecule has 8 heteroatoms. The molecule has 0 spiro atoms. The lowest BCUT2D eigenvalue weighted by molar-refractivity contribution is 0.0270. The van der Waals surface area contributed by atoms with Crippen LogP contribution in [-0.2, 0) is 4.74 Å². The second kappa shape index (κ2) is 8.10. The average molecular weight is 383 g/mol. The summed E-state index contributed by atoms with van der Waals surface area (Å²) in [7, 11) is 0. The van der Waals surface area contributed by atoms with Gasteiger partial charge in [-0.3, -0.25) is 0 Å². The Morgan fingerprint density at radius 2 is 2.12 bits per heavy atom. The first-order valence-corrected chi connectivity index (χ1v) is 10.2. The third-order valence-electron chi connectivity index (χ3n) is 4.91. The fourth-order valence-corrected chi connectivity index (χ4v) is 4.19. The van der Waals surface area contributed by atoms with Gasteiger partial charge in [-0.1, -0.05) is 0 Å². The minimum absolute atomic E-state index is 0.0551. The van der Waals surface area contributed by atoms with E-state index in [1.54, 1.807) is 16.2 Å². The molecule has 1 aromatic heterocycles. The summed E-state index contributed by atoms with van der Waals surface area (Å²) in [4.78, 5) is 20.5. The van der Waals surface area contributed by atoms with Crippen molar-refractivity contribution in [2.24, 2.45) is 5.92 Å². The molecule has 0 aliphatic carbocycles. The lowest BCUT2D eigenvalue weighted by Gasteiger charge is -2.33. The van der Waals surface area contributed by atoms with Gasteiger partial charge in [-0.2, -0.15) is 0 Å². The van der Waals surface area contributed by atoms with E-state index in [9.17, 15) is 9.90 Å². The van der Waals surface area contributed by atoms with Gasteiger partial charge in [0.2, 0.25) is 0 Å². The molecule has 0 unspecified atom stereocenters. The number of nitrogens with zero attached hydrogens (tertiary/aromatic N) is 3. The number of rotatable bonds is 4. The van der Waals surface area contributed by atoms with Crippen LogP contribution >= 0.6 is 11.3 Å². The number of carbonyl (C=O) groups is 1. The van der Waals surface area contributed by atoms with Gasteiger partial charge in [-0.25, -0.2) is 9.78 Å². The number of hydrogen-bond acceptors (Lipinski definition) is 7. The number of piperidine rings is 1. The first kappa shape index (κ1) is 19.4. The third kappa shape index (κ3) is 5.08. The summed E-state index contributed by atoms with van der Waals surface area (Å²) < 4.78 is 5.40. The van der Waals surface area contributed by atoms with Crippen LogP contribution in [0.3, 0.4) is 0 Å². The molecule has 2 atom stereocenters. The van der Waals surface area contributed by atoms with E-state index in [0.29, 0.717) is 19.1 Å². The van der Waals surface area contributed by atoms with Crippen LogP contribution in [0.2, 0.25) is 0 Å². The highest BCUT2D eigenvalue weighted by Crippen LogP contribution is 2.23. The quantitative estimate of drug-likeness (QED) is 0.829. The molecule has 0 aromatic carbocycles. The van der Waals surface area contributed by atoms with Crippen LogP contribution < -0.4 is 10.2 Å². The maximum atomic E-state index is 12.2. The van der Waals surface area contributed by atoms with Crippen LogP contribution in [0.5, 0.6) is 0 Å². The van der Waals surface area contributed by atoms with Gasteiger partial charge in [0.1, 0.15) is 5.60 Å². The molecule has 2 saturated heterocycles. The Hall–Kier alpha value is -1.38. The summed E-state index contributed by atoms with van der Waals surface area (Å²) in [6.07, 6.45) is 3.15. The van der Waals surface area contributed by atoms with Crippen LogP contribution in [0.15, 0.2) is 11.6 Å². The second-order valence-electron chi connectivity index (χ2n) is 8.20. The molecular formula is C18H30N4O3S. The Labute approximate surface area is 159 Å². The summed E-state index contributed by atoms with van der Waals surface area (Å²) in [5.74, 6) is 0.0551. The highest BCUT2D eigenvalue weighted by Gasteiger charge is 2.36. The number of thiazole rings is 1. The fourth-order valence-electron chi connectivity index (χ4n) is 3.50. The van der Waals surface area contributed by atoms with E-state index in [-0.39, 0.29) is 12.0 Å². The largest absolute Gasteiger partial charge is 0.444 e. The molecule has 26 heavy (non-hydrogen) atoms. The number of likely N-dealkylation sites (tertiary alicyclic amines) is 1. The van der Waals surface area contributed by atoms with Crippen LogP contribution in [0.4, 0.5) is 9.93 Å². The van der Waals surface area contributed by atoms with Crippen LogP contribution in [-0.4, -0.2) is 71.6 Å². The molecule has 146 valence electrons. The number of anilines is 1. The van der Waals surface area contributed by atoms with Gasteiger partial charge in [0.15, 0.2) is 5.13 Å². The summed E-state index contributed by atoms with van der Waals surface area (Å²) in [6.45, 7) is 9.19. The Balaban J connectivity index is 1.40. The Morgan fingerprint density at radius 1 is 1.38 bits per heavy atom. The summed E-state index contributed by atoms with van der Waals surface area (Å²) >= 11 is 1.68. The maximum absolute atomic E-state index is 12.2. The first-order valence-electron chi connectivity index (χ1n) is 9.35. The van der Waals surface area contributed by atoms with Crippen molar-refractivity contribution in [2.45, 2.75) is 51.4 Å². The van der Waals surface area contributed by atoms with E-state index in [4.69, 9.17) is 4.74 Å². The van der Waals surface area contributed by atoms with Crippen molar-refractivity contribution in [1.29, 1.82) is 0 Å². The molecule has 3 heterocycles. The highest BCUT2D eigenvalue weighted by atomic mass is 32.1. The first-order chi connectivity index (χ1) is 12.3. The molecule has 2 N–H and O–H groups in total. The van der Waals surface area contributed by atoms with E-state index < -0.39 is 11.7 Å². The van der Waals surface area contributed by atoms with Gasteiger partial charge in [0, 0.05) is 49.7 Å². The number of β-amino-alcohol motifs (C(OH)–C–C–N with tert-alkyl or cyclic N) is 1. The third-order valence-corrected chi connectivity index (χ3v) is 5.74. The molecule has 1 aromatic rings. The number of amides is 1. The summed E-state index contributed by atoms with van der Waals surface area (Å²) in [5, 5.41) is 17.0. The predicted octanol–water partition coefficient (Wildman–Crippen LogP) is 1.93.